The Bertz CT molecular complexity index is 415. The van der Waals surface area contributed by atoms with Gasteiger partial charge >= 0.3 is 0 Å². The number of aliphatic hydroxyl groups is 1. The lowest BCUT2D eigenvalue weighted by molar-refractivity contribution is -0.122. The van der Waals surface area contributed by atoms with Gasteiger partial charge in [0.25, 0.3) is 0 Å². The number of nitrogens with one attached hydrogen (secondary N) is 1. The molecule has 0 spiro atoms. The molecular weight excluding hydrogens is 270 g/mol. The molecule has 20 heavy (non-hydrogen) atoms. The molecule has 0 saturated heterocycles. The molecule has 0 aliphatic carbocycles. The van der Waals surface area contributed by atoms with E-state index in [4.69, 9.17) is 0 Å². The van der Waals surface area contributed by atoms with Gasteiger partial charge in [0.1, 0.15) is 0 Å². The molecule has 0 bridgehead atoms. The zero-order valence-corrected chi connectivity index (χ0v) is 13.4. The summed E-state index contributed by atoms with van der Waals surface area (Å²) in [5.41, 5.74) is 1.69. The molecule has 1 rings (SSSR count). The Labute approximate surface area is 126 Å². The van der Waals surface area contributed by atoms with E-state index in [2.05, 4.69) is 36.5 Å². The maximum Gasteiger partial charge on any atom is 0.220 e. The van der Waals surface area contributed by atoms with Crippen LogP contribution in [0, 0.1) is 6.92 Å². The van der Waals surface area contributed by atoms with Gasteiger partial charge in [-0.1, -0.05) is 29.8 Å². The molecule has 0 heterocycles. The van der Waals surface area contributed by atoms with Crippen molar-refractivity contribution in [2.75, 3.05) is 18.6 Å². The largest absolute Gasteiger partial charge is 0.387 e. The second-order valence-corrected chi connectivity index (χ2v) is 6.41. The third-order valence-electron chi connectivity index (χ3n) is 3.11. The molecule has 4 heteroatoms. The van der Waals surface area contributed by atoms with Crippen LogP contribution in [-0.2, 0) is 11.2 Å². The van der Waals surface area contributed by atoms with Crippen LogP contribution in [0.2, 0.25) is 0 Å². The maximum absolute atomic E-state index is 11.7. The zero-order valence-electron chi connectivity index (χ0n) is 12.6. The van der Waals surface area contributed by atoms with Crippen molar-refractivity contribution < 1.29 is 9.90 Å². The third-order valence-corrected chi connectivity index (χ3v) is 4.02. The molecule has 0 aliphatic heterocycles. The highest BCUT2D eigenvalue weighted by atomic mass is 32.2. The first-order chi connectivity index (χ1) is 9.43. The van der Waals surface area contributed by atoms with Crippen LogP contribution < -0.4 is 5.32 Å². The van der Waals surface area contributed by atoms with E-state index < -0.39 is 5.60 Å². The standard InChI is InChI=1S/C16H25NO2S/c1-13-7-9-14(10-8-13)5-4-6-15(18)17-11-16(2,19)12-20-3/h7-10,19H,4-6,11-12H2,1-3H3,(H,17,18). The fourth-order valence-corrected chi connectivity index (χ4v) is 2.67. The summed E-state index contributed by atoms with van der Waals surface area (Å²) in [5, 5.41) is 12.8. The number of benzene rings is 1. The molecule has 2 N–H and O–H groups in total. The maximum atomic E-state index is 11.7. The fourth-order valence-electron chi connectivity index (χ4n) is 1.95. The molecule has 1 atom stereocenters. The highest BCUT2D eigenvalue weighted by molar-refractivity contribution is 7.98. The van der Waals surface area contributed by atoms with Gasteiger partial charge in [0.05, 0.1) is 5.60 Å². The number of aryl methyl sites for hydroxylation is 2. The Morgan fingerprint density at radius 3 is 2.60 bits per heavy atom. The van der Waals surface area contributed by atoms with E-state index in [1.807, 2.05) is 6.26 Å². The first kappa shape index (κ1) is 17.1. The fraction of sp³-hybridized carbons (Fsp3) is 0.562. The van der Waals surface area contributed by atoms with Gasteiger partial charge in [-0.15, -0.1) is 0 Å². The lowest BCUT2D eigenvalue weighted by Crippen LogP contribution is -2.42. The Hall–Kier alpha value is -1.00. The zero-order chi connectivity index (χ0) is 15.0. The van der Waals surface area contributed by atoms with Gasteiger partial charge < -0.3 is 10.4 Å². The van der Waals surface area contributed by atoms with Crippen LogP contribution in [0.1, 0.15) is 30.9 Å². The van der Waals surface area contributed by atoms with E-state index in [0.717, 1.165) is 12.8 Å². The highest BCUT2D eigenvalue weighted by Crippen LogP contribution is 2.10. The topological polar surface area (TPSA) is 49.3 Å². The van der Waals surface area contributed by atoms with Gasteiger partial charge in [-0.3, -0.25) is 4.79 Å². The van der Waals surface area contributed by atoms with E-state index in [1.54, 1.807) is 18.7 Å². The van der Waals surface area contributed by atoms with Crippen molar-refractivity contribution in [1.82, 2.24) is 5.32 Å². The minimum absolute atomic E-state index is 0.0125. The number of amides is 1. The minimum atomic E-state index is -0.827. The predicted molar refractivity (Wildman–Crippen MR) is 86.1 cm³/mol. The molecule has 3 nitrogen and oxygen atoms in total. The molecule has 1 amide bonds. The number of hydrogen-bond acceptors (Lipinski definition) is 3. The van der Waals surface area contributed by atoms with Crippen LogP contribution in [0.3, 0.4) is 0 Å². The Kier molecular flexibility index (Phi) is 7.10. The average molecular weight is 295 g/mol. The molecule has 1 unspecified atom stereocenters. The molecule has 0 fully saturated rings. The van der Waals surface area contributed by atoms with Crippen molar-refractivity contribution in [3.05, 3.63) is 35.4 Å². The molecular formula is C16H25NO2S. The quantitative estimate of drug-likeness (QED) is 0.775. The second-order valence-electron chi connectivity index (χ2n) is 5.55. The van der Waals surface area contributed by atoms with Crippen LogP contribution in [-0.4, -0.2) is 35.2 Å². The van der Waals surface area contributed by atoms with Crippen LogP contribution in [0.15, 0.2) is 24.3 Å². The van der Waals surface area contributed by atoms with Gasteiger partial charge in [0.15, 0.2) is 0 Å². The van der Waals surface area contributed by atoms with E-state index in [1.165, 1.54) is 11.1 Å². The lowest BCUT2D eigenvalue weighted by atomic mass is 10.1. The first-order valence-electron chi connectivity index (χ1n) is 6.96. The van der Waals surface area contributed by atoms with Crippen molar-refractivity contribution in [1.29, 1.82) is 0 Å². The van der Waals surface area contributed by atoms with Gasteiger partial charge in [0, 0.05) is 18.7 Å². The Morgan fingerprint density at radius 2 is 2.00 bits per heavy atom. The van der Waals surface area contributed by atoms with Crippen molar-refractivity contribution in [3.8, 4) is 0 Å². The number of hydrogen-bond donors (Lipinski definition) is 2. The van der Waals surface area contributed by atoms with Crippen LogP contribution in [0.4, 0.5) is 0 Å². The van der Waals surface area contributed by atoms with Crippen molar-refractivity contribution in [2.24, 2.45) is 0 Å². The summed E-state index contributed by atoms with van der Waals surface area (Å²) in [6, 6.07) is 8.40. The summed E-state index contributed by atoms with van der Waals surface area (Å²) in [6.45, 7) is 4.13. The summed E-state index contributed by atoms with van der Waals surface area (Å²) in [4.78, 5) is 11.7. The van der Waals surface area contributed by atoms with Crippen molar-refractivity contribution >= 4 is 17.7 Å². The average Bonchev–Trinajstić information content (AvgIpc) is 2.39. The highest BCUT2D eigenvalue weighted by Gasteiger charge is 2.20. The number of carbonyl (C=O) groups is 1. The molecule has 0 aliphatic rings. The molecule has 1 aromatic carbocycles. The normalized spacial score (nSPS) is 13.8. The summed E-state index contributed by atoms with van der Waals surface area (Å²) < 4.78 is 0. The van der Waals surface area contributed by atoms with Gasteiger partial charge in [0.2, 0.25) is 5.91 Å². The third kappa shape index (κ3) is 6.96. The van der Waals surface area contributed by atoms with Crippen LogP contribution in [0.5, 0.6) is 0 Å². The summed E-state index contributed by atoms with van der Waals surface area (Å²) >= 11 is 1.58. The minimum Gasteiger partial charge on any atom is -0.387 e. The molecule has 0 radical (unpaired) electrons. The number of carbonyl (C=O) groups excluding carboxylic acids is 1. The Balaban J connectivity index is 2.22. The SMILES string of the molecule is CSCC(C)(O)CNC(=O)CCCc1ccc(C)cc1. The van der Waals surface area contributed by atoms with Crippen LogP contribution >= 0.6 is 11.8 Å². The number of thioether (sulfide) groups is 1. The smallest absolute Gasteiger partial charge is 0.220 e. The van der Waals surface area contributed by atoms with E-state index in [-0.39, 0.29) is 5.91 Å². The molecule has 0 aromatic heterocycles. The van der Waals surface area contributed by atoms with Crippen LogP contribution in [0.25, 0.3) is 0 Å². The van der Waals surface area contributed by atoms with E-state index >= 15 is 0 Å². The lowest BCUT2D eigenvalue weighted by Gasteiger charge is -2.22. The predicted octanol–water partition coefficient (Wildman–Crippen LogP) is 2.55. The number of rotatable bonds is 8. The van der Waals surface area contributed by atoms with E-state index in [9.17, 15) is 9.90 Å². The molecule has 112 valence electrons. The van der Waals surface area contributed by atoms with Crippen molar-refractivity contribution in [2.45, 2.75) is 38.7 Å². The van der Waals surface area contributed by atoms with Gasteiger partial charge in [-0.25, -0.2) is 0 Å². The summed E-state index contributed by atoms with van der Waals surface area (Å²) in [7, 11) is 0. The van der Waals surface area contributed by atoms with E-state index in [0.29, 0.717) is 18.7 Å². The monoisotopic (exact) mass is 295 g/mol. The molecule has 1 aromatic rings. The summed E-state index contributed by atoms with van der Waals surface area (Å²) in [6.07, 6.45) is 4.19. The van der Waals surface area contributed by atoms with Gasteiger partial charge in [-0.2, -0.15) is 11.8 Å². The first-order valence-corrected chi connectivity index (χ1v) is 8.36. The van der Waals surface area contributed by atoms with Crippen molar-refractivity contribution in [3.63, 3.8) is 0 Å². The summed E-state index contributed by atoms with van der Waals surface area (Å²) in [5.74, 6) is 0.634. The molecule has 0 saturated carbocycles. The van der Waals surface area contributed by atoms with Gasteiger partial charge in [-0.05, 0) is 38.5 Å². The Morgan fingerprint density at radius 1 is 1.35 bits per heavy atom. The second kappa shape index (κ2) is 8.32.